The molecule has 2 bridgehead atoms. The number of allylic oxidation sites excluding steroid dienone is 4. The van der Waals surface area contributed by atoms with Crippen LogP contribution in [0.4, 0.5) is 0 Å². The summed E-state index contributed by atoms with van der Waals surface area (Å²) in [5.74, 6) is 6.71. The Balaban J connectivity index is 1.02. The normalized spacial score (nSPS) is 37.9. The third-order valence-electron chi connectivity index (χ3n) is 12.9. The Labute approximate surface area is 268 Å². The topological polar surface area (TPSA) is 112 Å². The van der Waals surface area contributed by atoms with Gasteiger partial charge in [-0.25, -0.2) is 0 Å². The van der Waals surface area contributed by atoms with Crippen molar-refractivity contribution in [2.45, 2.75) is 38.5 Å². The molecular formula is C38H40O8. The van der Waals surface area contributed by atoms with Crippen LogP contribution in [0.5, 0.6) is 23.0 Å². The molecular weight excluding hydrogens is 584 g/mol. The highest BCUT2D eigenvalue weighted by atomic mass is 16.7. The average molecular weight is 625 g/mol. The van der Waals surface area contributed by atoms with Gasteiger partial charge in [-0.05, 0) is 132 Å². The van der Waals surface area contributed by atoms with Gasteiger partial charge in [0.25, 0.3) is 0 Å². The van der Waals surface area contributed by atoms with Gasteiger partial charge >= 0.3 is 11.9 Å². The Hall–Kier alpha value is -3.94. The molecule has 10 rings (SSSR count). The molecule has 8 nitrogen and oxygen atoms in total. The standard InChI is InChI=1S/C38H40O8/c39-33(40)3-1-2-21-22-6-7-23-24-8-9-25(35(23)36(22)26(21)12-19-4-10-29-31(14-19)45-17-43-29)38-27(28(37(24)38)16-34(41)42)13-20-5-11-30-32(15-20)46-18-44-30/h4-11,14-15,21-28,35-38H,1-3,12-13,16-18H2,(H,39,40)(H,41,42). The van der Waals surface area contributed by atoms with Crippen molar-refractivity contribution in [2.24, 2.45) is 71.0 Å². The minimum Gasteiger partial charge on any atom is -0.481 e. The first-order valence-corrected chi connectivity index (χ1v) is 17.0. The average Bonchev–Trinajstić information content (AvgIpc) is 3.72. The lowest BCUT2D eigenvalue weighted by Gasteiger charge is -2.71. The van der Waals surface area contributed by atoms with Gasteiger partial charge in [0.15, 0.2) is 23.0 Å². The second-order valence-corrected chi connectivity index (χ2v) is 14.7. The van der Waals surface area contributed by atoms with Crippen LogP contribution in [0.3, 0.4) is 0 Å². The van der Waals surface area contributed by atoms with Crippen LogP contribution in [0.15, 0.2) is 60.7 Å². The van der Waals surface area contributed by atoms with E-state index >= 15 is 0 Å². The van der Waals surface area contributed by atoms with Gasteiger partial charge in [-0.3, -0.25) is 9.59 Å². The molecule has 12 atom stereocenters. The Bertz CT molecular complexity index is 1630. The first-order valence-electron chi connectivity index (χ1n) is 17.0. The lowest BCUT2D eigenvalue weighted by atomic mass is 9.33. The number of carbonyl (C=O) groups is 2. The van der Waals surface area contributed by atoms with E-state index in [0.717, 1.165) is 42.3 Å². The quantitative estimate of drug-likeness (QED) is 0.299. The molecule has 6 aliphatic carbocycles. The van der Waals surface area contributed by atoms with E-state index in [1.807, 2.05) is 12.1 Å². The molecule has 0 spiro atoms. The molecule has 0 radical (unpaired) electrons. The highest BCUT2D eigenvalue weighted by molar-refractivity contribution is 5.67. The highest BCUT2D eigenvalue weighted by Crippen LogP contribution is 2.71. The van der Waals surface area contributed by atoms with E-state index in [-0.39, 0.29) is 32.3 Å². The number of benzene rings is 2. The number of carboxylic acid groups (broad SMARTS) is 2. The minimum absolute atomic E-state index is 0.159. The SMILES string of the molecule is O=C(O)CCCC1C2C=CC3C4C=CC(C3C2C1Cc1ccc2c(c1)OCO2)C1C(Cc2ccc3c(c2)OCO3)C(CC(=O)O)C41. The molecule has 2 aromatic rings. The van der Waals surface area contributed by atoms with Crippen LogP contribution in [0, 0.1) is 71.0 Å². The molecule has 2 aromatic carbocycles. The van der Waals surface area contributed by atoms with Crippen molar-refractivity contribution in [2.75, 3.05) is 13.6 Å². The van der Waals surface area contributed by atoms with Gasteiger partial charge in [0.05, 0.1) is 0 Å². The maximum atomic E-state index is 12.2. The predicted octanol–water partition coefficient (Wildman–Crippen LogP) is 6.23. The second-order valence-electron chi connectivity index (χ2n) is 14.7. The monoisotopic (exact) mass is 624 g/mol. The molecule has 46 heavy (non-hydrogen) atoms. The number of rotatable bonds is 10. The van der Waals surface area contributed by atoms with Crippen LogP contribution < -0.4 is 18.9 Å². The number of fused-ring (bicyclic) bond motifs is 3. The van der Waals surface area contributed by atoms with Crippen LogP contribution in [-0.2, 0) is 22.4 Å². The Morgan fingerprint density at radius 3 is 1.74 bits per heavy atom. The Morgan fingerprint density at radius 2 is 1.11 bits per heavy atom. The summed E-state index contributed by atoms with van der Waals surface area (Å²) in [5.41, 5.74) is 2.44. The van der Waals surface area contributed by atoms with Gasteiger partial charge < -0.3 is 29.2 Å². The van der Waals surface area contributed by atoms with Gasteiger partial charge in [0.1, 0.15) is 0 Å². The first kappa shape index (κ1) is 28.3. The van der Waals surface area contributed by atoms with Gasteiger partial charge in [-0.1, -0.05) is 36.4 Å². The van der Waals surface area contributed by atoms with Crippen molar-refractivity contribution < 1.29 is 38.7 Å². The third kappa shape index (κ3) is 4.39. The fourth-order valence-electron chi connectivity index (χ4n) is 11.4. The minimum atomic E-state index is -0.724. The number of ether oxygens (including phenoxy) is 4. The van der Waals surface area contributed by atoms with Crippen LogP contribution in [-0.4, -0.2) is 35.7 Å². The number of aliphatic carboxylic acids is 2. The zero-order valence-corrected chi connectivity index (χ0v) is 25.7. The summed E-state index contributed by atoms with van der Waals surface area (Å²) in [4.78, 5) is 23.6. The molecule has 2 aliphatic heterocycles. The van der Waals surface area contributed by atoms with Gasteiger partial charge in [0, 0.05) is 12.8 Å². The molecule has 8 aliphatic rings. The molecule has 2 N–H and O–H groups in total. The first-order chi connectivity index (χ1) is 22.4. The third-order valence-corrected chi connectivity index (χ3v) is 12.9. The Kier molecular flexibility index (Phi) is 6.65. The zero-order chi connectivity index (χ0) is 31.1. The molecule has 8 heteroatoms. The van der Waals surface area contributed by atoms with E-state index < -0.39 is 11.9 Å². The summed E-state index contributed by atoms with van der Waals surface area (Å²) in [6, 6.07) is 12.5. The van der Waals surface area contributed by atoms with Gasteiger partial charge in [-0.2, -0.15) is 0 Å². The van der Waals surface area contributed by atoms with Crippen LogP contribution in [0.25, 0.3) is 0 Å². The molecule has 240 valence electrons. The molecule has 12 unspecified atom stereocenters. The summed E-state index contributed by atoms with van der Waals surface area (Å²) in [5, 5.41) is 19.4. The van der Waals surface area contributed by atoms with E-state index in [0.29, 0.717) is 71.5 Å². The van der Waals surface area contributed by atoms with E-state index in [1.165, 1.54) is 11.1 Å². The van der Waals surface area contributed by atoms with E-state index in [9.17, 15) is 19.8 Å². The fourth-order valence-corrected chi connectivity index (χ4v) is 11.4. The van der Waals surface area contributed by atoms with Crippen LogP contribution in [0.2, 0.25) is 0 Å². The summed E-state index contributed by atoms with van der Waals surface area (Å²) in [6.07, 6.45) is 13.7. The number of carboxylic acids is 2. The number of hydrogen-bond donors (Lipinski definition) is 2. The summed E-state index contributed by atoms with van der Waals surface area (Å²) < 4.78 is 22.5. The molecule has 0 aromatic heterocycles. The lowest BCUT2D eigenvalue weighted by molar-refractivity contribution is -0.193. The van der Waals surface area contributed by atoms with Crippen molar-refractivity contribution in [1.29, 1.82) is 0 Å². The van der Waals surface area contributed by atoms with E-state index in [1.54, 1.807) is 0 Å². The lowest BCUT2D eigenvalue weighted by Crippen LogP contribution is -2.67. The molecule has 3 saturated carbocycles. The van der Waals surface area contributed by atoms with Gasteiger partial charge in [-0.15, -0.1) is 0 Å². The molecule has 0 saturated heterocycles. The van der Waals surface area contributed by atoms with Crippen LogP contribution >= 0.6 is 0 Å². The van der Waals surface area contributed by atoms with Crippen molar-refractivity contribution in [1.82, 2.24) is 0 Å². The smallest absolute Gasteiger partial charge is 0.303 e. The second kappa shape index (κ2) is 10.8. The zero-order valence-electron chi connectivity index (χ0n) is 25.7. The molecule has 3 fully saturated rings. The maximum Gasteiger partial charge on any atom is 0.303 e. The van der Waals surface area contributed by atoms with Crippen molar-refractivity contribution in [3.63, 3.8) is 0 Å². The summed E-state index contributed by atoms with van der Waals surface area (Å²) in [7, 11) is 0. The molecule has 2 heterocycles. The largest absolute Gasteiger partial charge is 0.481 e. The van der Waals surface area contributed by atoms with Crippen molar-refractivity contribution >= 4 is 11.9 Å². The summed E-state index contributed by atoms with van der Waals surface area (Å²) in [6.45, 7) is 0.500. The van der Waals surface area contributed by atoms with Crippen molar-refractivity contribution in [3.05, 3.63) is 71.8 Å². The number of hydrogen-bond acceptors (Lipinski definition) is 6. The Morgan fingerprint density at radius 1 is 0.587 bits per heavy atom. The van der Waals surface area contributed by atoms with Crippen molar-refractivity contribution in [3.8, 4) is 23.0 Å². The molecule has 0 amide bonds. The van der Waals surface area contributed by atoms with E-state index in [4.69, 9.17) is 18.9 Å². The fraction of sp³-hybridized carbons (Fsp3) is 0.526. The van der Waals surface area contributed by atoms with E-state index in [2.05, 4.69) is 48.6 Å². The summed E-state index contributed by atoms with van der Waals surface area (Å²) >= 11 is 0. The maximum absolute atomic E-state index is 12.2. The highest BCUT2D eigenvalue weighted by Gasteiger charge is 2.67. The van der Waals surface area contributed by atoms with Gasteiger partial charge in [0.2, 0.25) is 13.6 Å². The predicted molar refractivity (Wildman–Crippen MR) is 166 cm³/mol. The van der Waals surface area contributed by atoms with Crippen LogP contribution in [0.1, 0.15) is 36.8 Å².